The Bertz CT molecular complexity index is 242. The monoisotopic (exact) mass is 149 g/mol. The Hall–Kier alpha value is -1.60. The SMILES string of the molecule is C#CCONc1ccncn1. The van der Waals surface area contributed by atoms with Gasteiger partial charge in [-0.25, -0.2) is 15.4 Å². The number of aromatic nitrogens is 2. The molecule has 0 radical (unpaired) electrons. The first kappa shape index (κ1) is 7.51. The van der Waals surface area contributed by atoms with E-state index in [2.05, 4.69) is 21.4 Å². The van der Waals surface area contributed by atoms with Crippen LogP contribution in [0.2, 0.25) is 0 Å². The fraction of sp³-hybridized carbons (Fsp3) is 0.143. The summed E-state index contributed by atoms with van der Waals surface area (Å²) in [5.74, 6) is 2.90. The lowest BCUT2D eigenvalue weighted by atomic mass is 10.6. The van der Waals surface area contributed by atoms with Gasteiger partial charge in [-0.2, -0.15) is 0 Å². The van der Waals surface area contributed by atoms with Gasteiger partial charge in [0, 0.05) is 12.3 Å². The van der Waals surface area contributed by atoms with E-state index >= 15 is 0 Å². The lowest BCUT2D eigenvalue weighted by molar-refractivity contribution is 0.232. The normalized spacial score (nSPS) is 8.64. The van der Waals surface area contributed by atoms with Crippen LogP contribution in [0.25, 0.3) is 0 Å². The molecule has 56 valence electrons. The Morgan fingerprint density at radius 2 is 2.64 bits per heavy atom. The van der Waals surface area contributed by atoms with Crippen molar-refractivity contribution in [2.75, 3.05) is 12.1 Å². The summed E-state index contributed by atoms with van der Waals surface area (Å²) in [5, 5.41) is 0. The summed E-state index contributed by atoms with van der Waals surface area (Å²) in [7, 11) is 0. The highest BCUT2D eigenvalue weighted by atomic mass is 16.6. The molecule has 1 heterocycles. The van der Waals surface area contributed by atoms with E-state index in [1.54, 1.807) is 12.3 Å². The van der Waals surface area contributed by atoms with E-state index in [0.717, 1.165) is 0 Å². The van der Waals surface area contributed by atoms with E-state index in [-0.39, 0.29) is 6.61 Å². The maximum absolute atomic E-state index is 4.94. The summed E-state index contributed by atoms with van der Waals surface area (Å²) >= 11 is 0. The van der Waals surface area contributed by atoms with Crippen molar-refractivity contribution in [3.05, 3.63) is 18.6 Å². The van der Waals surface area contributed by atoms with Gasteiger partial charge in [0.05, 0.1) is 0 Å². The highest BCUT2D eigenvalue weighted by molar-refractivity contribution is 5.28. The van der Waals surface area contributed by atoms with Crippen LogP contribution < -0.4 is 5.48 Å². The first-order valence-corrected chi connectivity index (χ1v) is 3.01. The summed E-state index contributed by atoms with van der Waals surface area (Å²) in [6.07, 6.45) is 7.97. The number of rotatable bonds is 3. The molecule has 0 bridgehead atoms. The second kappa shape index (κ2) is 4.25. The second-order valence-electron chi connectivity index (χ2n) is 1.69. The van der Waals surface area contributed by atoms with Gasteiger partial charge >= 0.3 is 0 Å². The molecule has 0 aromatic carbocycles. The molecule has 0 amide bonds. The van der Waals surface area contributed by atoms with Crippen molar-refractivity contribution in [2.24, 2.45) is 0 Å². The third kappa shape index (κ3) is 2.65. The summed E-state index contributed by atoms with van der Waals surface area (Å²) in [6, 6.07) is 1.68. The van der Waals surface area contributed by atoms with Gasteiger partial charge in [-0.05, 0) is 0 Å². The minimum atomic E-state index is 0.212. The van der Waals surface area contributed by atoms with Gasteiger partial charge in [0.2, 0.25) is 0 Å². The van der Waals surface area contributed by atoms with Crippen LogP contribution in [0, 0.1) is 12.3 Å². The van der Waals surface area contributed by atoms with E-state index in [9.17, 15) is 0 Å². The van der Waals surface area contributed by atoms with E-state index in [1.807, 2.05) is 0 Å². The van der Waals surface area contributed by atoms with Gasteiger partial charge in [-0.15, -0.1) is 6.42 Å². The largest absolute Gasteiger partial charge is 0.262 e. The third-order valence-electron chi connectivity index (χ3n) is 0.914. The average molecular weight is 149 g/mol. The minimum absolute atomic E-state index is 0.212. The molecule has 4 heteroatoms. The van der Waals surface area contributed by atoms with Crippen molar-refractivity contribution >= 4 is 5.82 Å². The molecule has 0 spiro atoms. The van der Waals surface area contributed by atoms with Crippen molar-refractivity contribution in [2.45, 2.75) is 0 Å². The quantitative estimate of drug-likeness (QED) is 0.385. The average Bonchev–Trinajstić information content (AvgIpc) is 2.07. The number of anilines is 1. The number of hydrogen-bond donors (Lipinski definition) is 1. The molecular formula is C7H7N3O. The Balaban J connectivity index is 2.35. The first-order chi connectivity index (χ1) is 5.43. The summed E-state index contributed by atoms with van der Waals surface area (Å²) in [6.45, 7) is 0.212. The highest BCUT2D eigenvalue weighted by Gasteiger charge is 1.87. The van der Waals surface area contributed by atoms with Crippen molar-refractivity contribution in [3.8, 4) is 12.3 Å². The lowest BCUT2D eigenvalue weighted by Crippen LogP contribution is -2.02. The van der Waals surface area contributed by atoms with E-state index < -0.39 is 0 Å². The molecule has 0 atom stereocenters. The summed E-state index contributed by atoms with van der Waals surface area (Å²) < 4.78 is 0. The molecule has 0 saturated heterocycles. The van der Waals surface area contributed by atoms with Crippen molar-refractivity contribution in [1.29, 1.82) is 0 Å². The van der Waals surface area contributed by atoms with Crippen LogP contribution in [0.5, 0.6) is 0 Å². The summed E-state index contributed by atoms with van der Waals surface area (Å²) in [5.41, 5.74) is 2.55. The molecule has 4 nitrogen and oxygen atoms in total. The van der Waals surface area contributed by atoms with Crippen LogP contribution in [0.4, 0.5) is 5.82 Å². The van der Waals surface area contributed by atoms with E-state index in [1.165, 1.54) is 6.33 Å². The van der Waals surface area contributed by atoms with Gasteiger partial charge < -0.3 is 0 Å². The molecule has 0 aliphatic rings. The van der Waals surface area contributed by atoms with Crippen LogP contribution in [-0.4, -0.2) is 16.6 Å². The standard InChI is InChI=1S/C7H7N3O/c1-2-5-11-10-7-3-4-8-6-9-7/h1,3-4,6H,5H2,(H,8,9,10). The zero-order chi connectivity index (χ0) is 7.94. The van der Waals surface area contributed by atoms with Gasteiger partial charge in [0.25, 0.3) is 0 Å². The van der Waals surface area contributed by atoms with Crippen LogP contribution in [0.3, 0.4) is 0 Å². The van der Waals surface area contributed by atoms with Crippen LogP contribution in [-0.2, 0) is 4.84 Å². The molecule has 0 aliphatic heterocycles. The van der Waals surface area contributed by atoms with E-state index in [4.69, 9.17) is 11.3 Å². The molecule has 1 aromatic heterocycles. The molecule has 0 fully saturated rings. The van der Waals surface area contributed by atoms with Gasteiger partial charge in [0.15, 0.2) is 5.82 Å². The Morgan fingerprint density at radius 3 is 3.27 bits per heavy atom. The molecule has 0 saturated carbocycles. The van der Waals surface area contributed by atoms with Crippen molar-refractivity contribution in [3.63, 3.8) is 0 Å². The molecule has 11 heavy (non-hydrogen) atoms. The Kier molecular flexibility index (Phi) is 2.90. The maximum Gasteiger partial charge on any atom is 0.153 e. The molecular weight excluding hydrogens is 142 g/mol. The Labute approximate surface area is 64.6 Å². The first-order valence-electron chi connectivity index (χ1n) is 3.01. The third-order valence-corrected chi connectivity index (χ3v) is 0.914. The topological polar surface area (TPSA) is 47.0 Å². The van der Waals surface area contributed by atoms with Crippen LogP contribution in [0.1, 0.15) is 0 Å². The predicted octanol–water partition coefficient (Wildman–Crippen LogP) is 0.453. The second-order valence-corrected chi connectivity index (χ2v) is 1.69. The fourth-order valence-electron chi connectivity index (χ4n) is 0.503. The fourth-order valence-corrected chi connectivity index (χ4v) is 0.503. The molecule has 1 aromatic rings. The number of hydrogen-bond acceptors (Lipinski definition) is 4. The lowest BCUT2D eigenvalue weighted by Gasteiger charge is -2.00. The van der Waals surface area contributed by atoms with Crippen molar-refractivity contribution < 1.29 is 4.84 Å². The van der Waals surface area contributed by atoms with Gasteiger partial charge in [-0.3, -0.25) is 4.84 Å². The Morgan fingerprint density at radius 1 is 1.73 bits per heavy atom. The van der Waals surface area contributed by atoms with Crippen molar-refractivity contribution in [1.82, 2.24) is 9.97 Å². The van der Waals surface area contributed by atoms with Gasteiger partial charge in [-0.1, -0.05) is 5.92 Å². The molecule has 0 unspecified atom stereocenters. The number of nitrogens with zero attached hydrogens (tertiary/aromatic N) is 2. The smallest absolute Gasteiger partial charge is 0.153 e. The summed E-state index contributed by atoms with van der Waals surface area (Å²) in [4.78, 5) is 12.4. The zero-order valence-corrected chi connectivity index (χ0v) is 5.82. The molecule has 1 N–H and O–H groups in total. The zero-order valence-electron chi connectivity index (χ0n) is 5.82. The number of nitrogens with one attached hydrogen (secondary N) is 1. The minimum Gasteiger partial charge on any atom is -0.262 e. The van der Waals surface area contributed by atoms with E-state index in [0.29, 0.717) is 5.82 Å². The van der Waals surface area contributed by atoms with Crippen LogP contribution >= 0.6 is 0 Å². The predicted molar refractivity (Wildman–Crippen MR) is 40.4 cm³/mol. The molecule has 0 aliphatic carbocycles. The maximum atomic E-state index is 4.94. The van der Waals surface area contributed by atoms with Crippen LogP contribution in [0.15, 0.2) is 18.6 Å². The number of terminal acetylenes is 1. The highest BCUT2D eigenvalue weighted by Crippen LogP contribution is 1.96. The van der Waals surface area contributed by atoms with Gasteiger partial charge in [0.1, 0.15) is 12.9 Å². The molecule has 1 rings (SSSR count).